The number of amides is 1. The van der Waals surface area contributed by atoms with Gasteiger partial charge in [0.25, 0.3) is 0 Å². The van der Waals surface area contributed by atoms with Crippen LogP contribution in [0.3, 0.4) is 0 Å². The zero-order chi connectivity index (χ0) is 24.6. The monoisotopic (exact) mass is 529 g/mol. The highest BCUT2D eigenvalue weighted by molar-refractivity contribution is 7.59. The molecule has 1 amide bonds. The van der Waals surface area contributed by atoms with Crippen LogP contribution in [-0.2, 0) is 17.9 Å². The summed E-state index contributed by atoms with van der Waals surface area (Å²) in [5.41, 5.74) is 3.50. The Bertz CT molecular complexity index is 1240. The lowest BCUT2D eigenvalue weighted by atomic mass is 10.1. The van der Waals surface area contributed by atoms with Crippen molar-refractivity contribution in [3.8, 4) is 5.75 Å². The van der Waals surface area contributed by atoms with Crippen molar-refractivity contribution < 1.29 is 22.7 Å². The van der Waals surface area contributed by atoms with Crippen LogP contribution in [0.5, 0.6) is 5.75 Å². The largest absolute Gasteiger partial charge is 0.573 e. The Balaban J connectivity index is 0.00000342. The van der Waals surface area contributed by atoms with E-state index in [1.54, 1.807) is 10.9 Å². The molecule has 0 saturated heterocycles. The molecule has 14 heteroatoms. The fourth-order valence-electron chi connectivity index (χ4n) is 3.51. The van der Waals surface area contributed by atoms with E-state index < -0.39 is 12.1 Å². The molecule has 4 rings (SSSR count). The summed E-state index contributed by atoms with van der Waals surface area (Å²) in [6.07, 6.45) is -3.10. The van der Waals surface area contributed by atoms with Crippen LogP contribution >= 0.6 is 25.1 Å². The van der Waals surface area contributed by atoms with Crippen molar-refractivity contribution in [1.29, 1.82) is 0 Å². The molecule has 35 heavy (non-hydrogen) atoms. The molecule has 0 saturated carbocycles. The molecule has 3 aromatic rings. The number of hydrogen-bond donors (Lipinski definition) is 2. The second-order valence-electron chi connectivity index (χ2n) is 7.84. The number of benzene rings is 1. The molecule has 1 aliphatic heterocycles. The Kier molecular flexibility index (Phi) is 7.70. The molecule has 1 aliphatic rings. The number of aromatic nitrogens is 4. The third kappa shape index (κ3) is 6.09. The number of alkyl halides is 3. The highest BCUT2D eigenvalue weighted by Crippen LogP contribution is 2.35. The van der Waals surface area contributed by atoms with Crippen molar-refractivity contribution in [2.45, 2.75) is 39.3 Å². The van der Waals surface area contributed by atoms with Crippen LogP contribution in [0.4, 0.5) is 30.4 Å². The lowest BCUT2D eigenvalue weighted by molar-refractivity contribution is -0.274. The summed E-state index contributed by atoms with van der Waals surface area (Å²) in [6, 6.07) is 5.58. The third-order valence-electron chi connectivity index (χ3n) is 5.37. The number of likely N-dealkylation sites (N-methyl/N-ethyl adjacent to an activating group) is 1. The molecule has 2 N–H and O–H groups in total. The van der Waals surface area contributed by atoms with Crippen molar-refractivity contribution in [2.75, 3.05) is 22.6 Å². The summed E-state index contributed by atoms with van der Waals surface area (Å²) in [4.78, 5) is 18.5. The number of aryl methyl sites for hydroxylation is 1. The molecule has 9 nitrogen and oxygen atoms in total. The van der Waals surface area contributed by atoms with Gasteiger partial charge < -0.3 is 20.3 Å². The quantitative estimate of drug-likeness (QED) is 0.496. The number of nitrogens with zero attached hydrogens (tertiary/aromatic N) is 5. The maximum atomic E-state index is 12.4. The van der Waals surface area contributed by atoms with Crippen molar-refractivity contribution in [1.82, 2.24) is 20.0 Å². The van der Waals surface area contributed by atoms with E-state index in [-0.39, 0.29) is 37.0 Å². The van der Waals surface area contributed by atoms with E-state index in [9.17, 15) is 18.0 Å². The van der Waals surface area contributed by atoms with E-state index in [4.69, 9.17) is 11.6 Å². The molecule has 2 aromatic heterocycles. The number of pyridine rings is 1. The van der Waals surface area contributed by atoms with Crippen LogP contribution in [0.2, 0.25) is 5.02 Å². The van der Waals surface area contributed by atoms with Gasteiger partial charge in [-0.25, -0.2) is 9.67 Å². The number of carbonyl (C=O) groups is 1. The summed E-state index contributed by atoms with van der Waals surface area (Å²) < 4.78 is 42.6. The van der Waals surface area contributed by atoms with Crippen LogP contribution < -0.4 is 20.3 Å². The lowest BCUT2D eigenvalue weighted by Crippen LogP contribution is -2.44. The predicted molar refractivity (Wildman–Crippen MR) is 130 cm³/mol. The highest BCUT2D eigenvalue weighted by atomic mass is 35.5. The van der Waals surface area contributed by atoms with Gasteiger partial charge in [-0.05, 0) is 31.5 Å². The van der Waals surface area contributed by atoms with E-state index >= 15 is 0 Å². The number of rotatable bonds is 6. The van der Waals surface area contributed by atoms with Crippen LogP contribution in [0.25, 0.3) is 0 Å². The van der Waals surface area contributed by atoms with Gasteiger partial charge in [0.05, 0.1) is 41.4 Å². The molecule has 0 unspecified atom stereocenters. The summed E-state index contributed by atoms with van der Waals surface area (Å²) in [6.45, 7) is 4.25. The van der Waals surface area contributed by atoms with Crippen molar-refractivity contribution >= 4 is 48.2 Å². The normalized spacial score (nSPS) is 15.2. The van der Waals surface area contributed by atoms with Crippen LogP contribution in [0.15, 0.2) is 30.5 Å². The van der Waals surface area contributed by atoms with Gasteiger partial charge in [-0.2, -0.15) is 13.5 Å². The second kappa shape index (κ2) is 10.2. The first-order valence-electron chi connectivity index (χ1n) is 10.2. The Morgan fingerprint density at radius 3 is 2.71 bits per heavy atom. The summed E-state index contributed by atoms with van der Waals surface area (Å²) in [5, 5.41) is 14.1. The molecule has 0 spiro atoms. The fourth-order valence-corrected chi connectivity index (χ4v) is 3.75. The molecule has 188 valence electrons. The summed E-state index contributed by atoms with van der Waals surface area (Å²) >= 11 is 5.90. The van der Waals surface area contributed by atoms with Gasteiger partial charge >= 0.3 is 6.36 Å². The lowest BCUT2D eigenvalue weighted by Gasteiger charge is -2.34. The molecule has 1 aromatic carbocycles. The standard InChI is InChI=1S/C21H21ClF3N7O2.H2S/c1-11-19-16(31(3)12(2)20(33)28-19)7-18(27-11)26-8-14-10-32(30-29-14)9-13-4-5-17(15(22)6-13)34-21(23,24)25;/h4-7,10,12H,8-9H2,1-3H3,(H,26,27)(H,28,33);1H2/t12-;/m0./s1. The maximum Gasteiger partial charge on any atom is 0.573 e. The number of halogens is 4. The number of nitrogens with one attached hydrogen (secondary N) is 2. The molecular formula is C21H23ClF3N7O2S. The molecule has 0 bridgehead atoms. The third-order valence-corrected chi connectivity index (χ3v) is 5.67. The van der Waals surface area contributed by atoms with E-state index in [1.807, 2.05) is 31.9 Å². The van der Waals surface area contributed by atoms with Gasteiger partial charge in [0.1, 0.15) is 23.3 Å². The molecule has 3 heterocycles. The van der Waals surface area contributed by atoms with Gasteiger partial charge in [0, 0.05) is 13.1 Å². The minimum Gasteiger partial charge on any atom is -0.404 e. The van der Waals surface area contributed by atoms with Crippen molar-refractivity contribution in [3.05, 3.63) is 52.4 Å². The highest BCUT2D eigenvalue weighted by Gasteiger charge is 2.32. The minimum absolute atomic E-state index is 0. The van der Waals surface area contributed by atoms with E-state index in [2.05, 4.69) is 30.7 Å². The van der Waals surface area contributed by atoms with Crippen LogP contribution in [0.1, 0.15) is 23.9 Å². The first-order chi connectivity index (χ1) is 16.0. The fraction of sp³-hybridized carbons (Fsp3) is 0.333. The molecule has 0 aliphatic carbocycles. The number of anilines is 3. The Morgan fingerprint density at radius 1 is 1.29 bits per heavy atom. The van der Waals surface area contributed by atoms with E-state index in [0.29, 0.717) is 35.0 Å². The second-order valence-corrected chi connectivity index (χ2v) is 8.24. The Hall–Kier alpha value is -3.19. The average Bonchev–Trinajstić information content (AvgIpc) is 3.20. The number of hydrogen-bond acceptors (Lipinski definition) is 7. The van der Waals surface area contributed by atoms with Crippen LogP contribution in [-0.4, -0.2) is 45.3 Å². The first kappa shape index (κ1) is 26.4. The van der Waals surface area contributed by atoms with Crippen LogP contribution in [0, 0.1) is 6.92 Å². The number of carbonyl (C=O) groups excluding carboxylic acids is 1. The average molecular weight is 530 g/mol. The topological polar surface area (TPSA) is 97.2 Å². The smallest absolute Gasteiger partial charge is 0.404 e. The van der Waals surface area contributed by atoms with E-state index in [1.165, 1.54) is 12.1 Å². The predicted octanol–water partition coefficient (Wildman–Crippen LogP) is 4.08. The van der Waals surface area contributed by atoms with Gasteiger partial charge in [0.2, 0.25) is 5.91 Å². The zero-order valence-electron chi connectivity index (χ0n) is 18.9. The minimum atomic E-state index is -4.81. The number of fused-ring (bicyclic) bond motifs is 1. The van der Waals surface area contributed by atoms with Crippen molar-refractivity contribution in [2.24, 2.45) is 0 Å². The zero-order valence-corrected chi connectivity index (χ0v) is 20.7. The maximum absolute atomic E-state index is 12.4. The Labute approximate surface area is 211 Å². The van der Waals surface area contributed by atoms with Gasteiger partial charge in [-0.15, -0.1) is 18.3 Å². The van der Waals surface area contributed by atoms with E-state index in [0.717, 1.165) is 11.8 Å². The van der Waals surface area contributed by atoms with Gasteiger partial charge in [0.15, 0.2) is 0 Å². The summed E-state index contributed by atoms with van der Waals surface area (Å²) in [7, 11) is 1.85. The Morgan fingerprint density at radius 2 is 2.03 bits per heavy atom. The SMILES string of the molecule is Cc1nc(NCc2cn(Cc3ccc(OC(F)(F)F)c(Cl)c3)nn2)cc2c1NC(=O)[C@H](C)N2C.S. The van der Waals surface area contributed by atoms with Gasteiger partial charge in [-0.3, -0.25) is 4.79 Å². The van der Waals surface area contributed by atoms with Crippen molar-refractivity contribution in [3.63, 3.8) is 0 Å². The first-order valence-corrected chi connectivity index (χ1v) is 10.6. The van der Waals surface area contributed by atoms with Gasteiger partial charge in [-0.1, -0.05) is 22.9 Å². The molecule has 0 fully saturated rings. The molecular weight excluding hydrogens is 507 g/mol. The molecule has 0 radical (unpaired) electrons. The number of ether oxygens (including phenoxy) is 1. The summed E-state index contributed by atoms with van der Waals surface area (Å²) in [5.74, 6) is 0.0721. The molecule has 1 atom stereocenters.